The van der Waals surface area contributed by atoms with Crippen LogP contribution in [0.5, 0.6) is 0 Å². The van der Waals surface area contributed by atoms with Gasteiger partial charge in [-0.25, -0.2) is 4.39 Å². The van der Waals surface area contributed by atoms with Gasteiger partial charge in [0.25, 0.3) is 0 Å². The van der Waals surface area contributed by atoms with Crippen LogP contribution < -0.4 is 5.32 Å². The van der Waals surface area contributed by atoms with Gasteiger partial charge in [0.05, 0.1) is 17.1 Å². The largest absolute Gasteiger partial charge is 0.354 e. The first-order valence-corrected chi connectivity index (χ1v) is 7.19. The average molecular weight is 292 g/mol. The first-order chi connectivity index (χ1) is 10.6. The lowest BCUT2D eigenvalue weighted by molar-refractivity contribution is 0.628. The van der Waals surface area contributed by atoms with Crippen molar-refractivity contribution in [3.63, 3.8) is 0 Å². The summed E-state index contributed by atoms with van der Waals surface area (Å²) in [6.07, 6.45) is 0. The number of aromatic nitrogens is 1. The number of pyridine rings is 1. The van der Waals surface area contributed by atoms with E-state index in [9.17, 15) is 4.39 Å². The van der Waals surface area contributed by atoms with Crippen LogP contribution >= 0.6 is 0 Å². The van der Waals surface area contributed by atoms with Crippen LogP contribution in [0, 0.1) is 19.7 Å². The Hall–Kier alpha value is -2.68. The van der Waals surface area contributed by atoms with Gasteiger partial charge in [-0.1, -0.05) is 29.8 Å². The van der Waals surface area contributed by atoms with Crippen LogP contribution in [0.15, 0.2) is 60.7 Å². The predicted octanol–water partition coefficient (Wildman–Crippen LogP) is 5.25. The van der Waals surface area contributed by atoms with Crippen molar-refractivity contribution in [2.75, 3.05) is 5.32 Å². The summed E-state index contributed by atoms with van der Waals surface area (Å²) in [5.41, 5.74) is 5.94. The summed E-state index contributed by atoms with van der Waals surface area (Å²) in [6.45, 7) is 4.03. The Morgan fingerprint density at radius 3 is 2.14 bits per heavy atom. The van der Waals surface area contributed by atoms with E-state index in [-0.39, 0.29) is 5.82 Å². The second-order valence-electron chi connectivity index (χ2n) is 5.33. The Kier molecular flexibility index (Phi) is 3.88. The molecule has 1 N–H and O–H groups in total. The van der Waals surface area contributed by atoms with Crippen LogP contribution in [-0.2, 0) is 0 Å². The van der Waals surface area contributed by atoms with Gasteiger partial charge >= 0.3 is 0 Å². The Bertz CT molecular complexity index is 778. The summed E-state index contributed by atoms with van der Waals surface area (Å²) in [6, 6.07) is 18.6. The highest BCUT2D eigenvalue weighted by atomic mass is 19.1. The van der Waals surface area contributed by atoms with E-state index in [1.54, 1.807) is 12.1 Å². The minimum Gasteiger partial charge on any atom is -0.354 e. The lowest BCUT2D eigenvalue weighted by Gasteiger charge is -2.11. The normalized spacial score (nSPS) is 10.5. The molecule has 3 aromatic rings. The Balaban J connectivity index is 1.85. The SMILES string of the molecule is Cc1ccc(-c2ccc(Nc3ccc(F)cc3)c(C)n2)cc1. The molecule has 0 unspecified atom stereocenters. The molecule has 110 valence electrons. The molecule has 3 rings (SSSR count). The number of rotatable bonds is 3. The first kappa shape index (κ1) is 14.3. The molecule has 3 heteroatoms. The van der Waals surface area contributed by atoms with Crippen molar-refractivity contribution < 1.29 is 4.39 Å². The summed E-state index contributed by atoms with van der Waals surface area (Å²) < 4.78 is 12.9. The Labute approximate surface area is 129 Å². The second-order valence-corrected chi connectivity index (χ2v) is 5.33. The van der Waals surface area contributed by atoms with Crippen LogP contribution in [0.4, 0.5) is 15.8 Å². The summed E-state index contributed by atoms with van der Waals surface area (Å²) in [7, 11) is 0. The van der Waals surface area contributed by atoms with Crippen LogP contribution in [0.3, 0.4) is 0 Å². The fraction of sp³-hybridized carbons (Fsp3) is 0.105. The van der Waals surface area contributed by atoms with Crippen molar-refractivity contribution in [1.82, 2.24) is 4.98 Å². The van der Waals surface area contributed by atoms with Crippen molar-refractivity contribution in [2.45, 2.75) is 13.8 Å². The van der Waals surface area contributed by atoms with E-state index in [0.717, 1.165) is 28.3 Å². The van der Waals surface area contributed by atoms with E-state index in [1.807, 2.05) is 19.1 Å². The minimum absolute atomic E-state index is 0.241. The van der Waals surface area contributed by atoms with Gasteiger partial charge in [0.15, 0.2) is 0 Å². The maximum absolute atomic E-state index is 12.9. The smallest absolute Gasteiger partial charge is 0.123 e. The zero-order valence-electron chi connectivity index (χ0n) is 12.6. The minimum atomic E-state index is -0.241. The molecule has 0 radical (unpaired) electrons. The molecule has 0 saturated heterocycles. The number of nitrogens with one attached hydrogen (secondary N) is 1. The molecule has 0 aliphatic rings. The summed E-state index contributed by atoms with van der Waals surface area (Å²) in [5.74, 6) is -0.241. The third-order valence-electron chi connectivity index (χ3n) is 3.56. The number of anilines is 2. The number of benzene rings is 2. The number of hydrogen-bond acceptors (Lipinski definition) is 2. The third kappa shape index (κ3) is 3.14. The predicted molar refractivity (Wildman–Crippen MR) is 88.8 cm³/mol. The van der Waals surface area contributed by atoms with Gasteiger partial charge in [-0.05, 0) is 50.2 Å². The highest BCUT2D eigenvalue weighted by Crippen LogP contribution is 2.24. The third-order valence-corrected chi connectivity index (χ3v) is 3.56. The molecular weight excluding hydrogens is 275 g/mol. The molecule has 2 nitrogen and oxygen atoms in total. The molecule has 0 aliphatic heterocycles. The molecule has 1 aromatic heterocycles. The number of nitrogens with zero attached hydrogens (tertiary/aromatic N) is 1. The van der Waals surface area contributed by atoms with E-state index in [2.05, 4.69) is 41.5 Å². The number of halogens is 1. The van der Waals surface area contributed by atoms with Crippen molar-refractivity contribution in [2.24, 2.45) is 0 Å². The lowest BCUT2D eigenvalue weighted by atomic mass is 10.1. The molecule has 2 aromatic carbocycles. The van der Waals surface area contributed by atoms with Crippen LogP contribution in [-0.4, -0.2) is 4.98 Å². The summed E-state index contributed by atoms with van der Waals surface area (Å²) in [4.78, 5) is 4.65. The zero-order chi connectivity index (χ0) is 15.5. The van der Waals surface area contributed by atoms with Gasteiger partial charge in [-0.15, -0.1) is 0 Å². The van der Waals surface area contributed by atoms with E-state index >= 15 is 0 Å². The Morgan fingerprint density at radius 1 is 0.818 bits per heavy atom. The standard InChI is InChI=1S/C19H17FN2/c1-13-3-5-15(6-4-13)19-12-11-18(14(2)21-19)22-17-9-7-16(20)8-10-17/h3-12,22H,1-2H3. The van der Waals surface area contributed by atoms with Crippen LogP contribution in [0.2, 0.25) is 0 Å². The van der Waals surface area contributed by atoms with Crippen LogP contribution in [0.25, 0.3) is 11.3 Å². The fourth-order valence-corrected chi connectivity index (χ4v) is 2.27. The molecule has 0 bridgehead atoms. The molecule has 22 heavy (non-hydrogen) atoms. The molecule has 1 heterocycles. The molecule has 0 amide bonds. The maximum Gasteiger partial charge on any atom is 0.123 e. The summed E-state index contributed by atoms with van der Waals surface area (Å²) >= 11 is 0. The molecule has 0 fully saturated rings. The van der Waals surface area contributed by atoms with Crippen molar-refractivity contribution in [1.29, 1.82) is 0 Å². The number of aryl methyl sites for hydroxylation is 2. The average Bonchev–Trinajstić information content (AvgIpc) is 2.52. The quantitative estimate of drug-likeness (QED) is 0.713. The molecule has 0 spiro atoms. The second kappa shape index (κ2) is 5.98. The van der Waals surface area contributed by atoms with Gasteiger partial charge in [0, 0.05) is 11.3 Å². The Morgan fingerprint density at radius 2 is 1.50 bits per heavy atom. The maximum atomic E-state index is 12.9. The van der Waals surface area contributed by atoms with Crippen LogP contribution in [0.1, 0.15) is 11.3 Å². The van der Waals surface area contributed by atoms with E-state index in [1.165, 1.54) is 17.7 Å². The molecular formula is C19H17FN2. The molecule has 0 saturated carbocycles. The number of hydrogen-bond donors (Lipinski definition) is 1. The van der Waals surface area contributed by atoms with Crippen molar-refractivity contribution in [3.05, 3.63) is 77.7 Å². The first-order valence-electron chi connectivity index (χ1n) is 7.19. The monoisotopic (exact) mass is 292 g/mol. The fourth-order valence-electron chi connectivity index (χ4n) is 2.27. The van der Waals surface area contributed by atoms with Gasteiger partial charge in [-0.3, -0.25) is 4.98 Å². The van der Waals surface area contributed by atoms with E-state index in [4.69, 9.17) is 0 Å². The van der Waals surface area contributed by atoms with Gasteiger partial charge in [-0.2, -0.15) is 0 Å². The van der Waals surface area contributed by atoms with E-state index < -0.39 is 0 Å². The highest BCUT2D eigenvalue weighted by molar-refractivity contribution is 5.66. The van der Waals surface area contributed by atoms with Crippen molar-refractivity contribution in [3.8, 4) is 11.3 Å². The lowest BCUT2D eigenvalue weighted by Crippen LogP contribution is -1.96. The topological polar surface area (TPSA) is 24.9 Å². The van der Waals surface area contributed by atoms with E-state index in [0.29, 0.717) is 0 Å². The van der Waals surface area contributed by atoms with Gasteiger partial charge < -0.3 is 5.32 Å². The van der Waals surface area contributed by atoms with Gasteiger partial charge in [0.2, 0.25) is 0 Å². The van der Waals surface area contributed by atoms with Gasteiger partial charge in [0.1, 0.15) is 5.82 Å². The molecule has 0 atom stereocenters. The summed E-state index contributed by atoms with van der Waals surface area (Å²) in [5, 5.41) is 3.26. The molecule has 0 aliphatic carbocycles. The zero-order valence-corrected chi connectivity index (χ0v) is 12.6. The highest BCUT2D eigenvalue weighted by Gasteiger charge is 2.04. The van der Waals surface area contributed by atoms with Crippen molar-refractivity contribution >= 4 is 11.4 Å².